The number of fused-ring (bicyclic) bond motifs is 1. The minimum atomic E-state index is -1.56. The molecule has 2 aromatic carbocycles. The van der Waals surface area contributed by atoms with Crippen LogP contribution in [0.4, 0.5) is 17.6 Å². The van der Waals surface area contributed by atoms with Crippen molar-refractivity contribution in [3.8, 4) is 0 Å². The van der Waals surface area contributed by atoms with Gasteiger partial charge in [-0.3, -0.25) is 4.79 Å². The molecule has 10 nitrogen and oxygen atoms in total. The van der Waals surface area contributed by atoms with Crippen molar-refractivity contribution in [3.05, 3.63) is 65.0 Å². The maximum atomic E-state index is 11.9. The molecule has 11 heteroatoms. The van der Waals surface area contributed by atoms with Gasteiger partial charge in [-0.2, -0.15) is 15.0 Å². The van der Waals surface area contributed by atoms with E-state index < -0.39 is 13.0 Å². The number of nitrogens with one attached hydrogen (secondary N) is 1. The summed E-state index contributed by atoms with van der Waals surface area (Å²) in [7, 11) is 0.102. The Morgan fingerprint density at radius 2 is 2.03 bits per heavy atom. The maximum absolute atomic E-state index is 11.9. The van der Waals surface area contributed by atoms with Gasteiger partial charge < -0.3 is 30.7 Å². The van der Waals surface area contributed by atoms with E-state index in [1.165, 1.54) is 0 Å². The maximum Gasteiger partial charge on any atom is 0.488 e. The predicted octanol–water partition coefficient (Wildman–Crippen LogP) is 0.492. The van der Waals surface area contributed by atoms with Crippen molar-refractivity contribution in [1.82, 2.24) is 15.0 Å². The number of primary amides is 1. The molecule has 0 radical (unpaired) electrons. The first kappa shape index (κ1) is 22.7. The molecular weight excluding hydrogens is 423 g/mol. The van der Waals surface area contributed by atoms with E-state index in [0.717, 1.165) is 28.8 Å². The molecule has 4 rings (SSSR count). The molecule has 170 valence electrons. The molecule has 3 aromatic rings. The average Bonchev–Trinajstić information content (AvgIpc) is 3.14. The molecule has 0 bridgehead atoms. The number of benzene rings is 2. The predicted molar refractivity (Wildman–Crippen MR) is 124 cm³/mol. The monoisotopic (exact) mass is 448 g/mol. The zero-order chi connectivity index (χ0) is 23.5. The van der Waals surface area contributed by atoms with Gasteiger partial charge in [0.1, 0.15) is 0 Å². The van der Waals surface area contributed by atoms with E-state index in [1.807, 2.05) is 29.2 Å². The fourth-order valence-corrected chi connectivity index (χ4v) is 4.01. The molecule has 1 amide bonds. The highest BCUT2D eigenvalue weighted by atomic mass is 16.5. The molecular formula is C22H25BN6O4. The van der Waals surface area contributed by atoms with Crippen molar-refractivity contribution in [2.24, 2.45) is 5.73 Å². The number of hydrogen-bond acceptors (Lipinski definition) is 9. The smallest absolute Gasteiger partial charge is 0.423 e. The van der Waals surface area contributed by atoms with Crippen LogP contribution in [0.2, 0.25) is 0 Å². The summed E-state index contributed by atoms with van der Waals surface area (Å²) < 4.78 is 5.33. The van der Waals surface area contributed by atoms with Gasteiger partial charge in [0.15, 0.2) is 0 Å². The van der Waals surface area contributed by atoms with Gasteiger partial charge in [-0.1, -0.05) is 36.4 Å². The van der Waals surface area contributed by atoms with Crippen molar-refractivity contribution in [2.75, 3.05) is 17.3 Å². The summed E-state index contributed by atoms with van der Waals surface area (Å²) in [5, 5.41) is 21.8. The number of nitrogens with two attached hydrogens (primary N) is 1. The molecule has 0 aliphatic carbocycles. The second-order valence-electron chi connectivity index (χ2n) is 7.89. The molecule has 33 heavy (non-hydrogen) atoms. The lowest BCUT2D eigenvalue weighted by Gasteiger charge is -2.23. The molecule has 2 heterocycles. The Morgan fingerprint density at radius 3 is 2.76 bits per heavy atom. The molecule has 5 N–H and O–H groups in total. The van der Waals surface area contributed by atoms with E-state index in [1.54, 1.807) is 25.3 Å². The van der Waals surface area contributed by atoms with Crippen LogP contribution >= 0.6 is 0 Å². The number of nitrogens with zero attached hydrogens (tertiary/aromatic N) is 4. The van der Waals surface area contributed by atoms with Gasteiger partial charge in [-0.05, 0) is 41.6 Å². The summed E-state index contributed by atoms with van der Waals surface area (Å²) in [6.45, 7) is 2.86. The lowest BCUT2D eigenvalue weighted by Crippen LogP contribution is -2.30. The third-order valence-corrected chi connectivity index (χ3v) is 5.51. The summed E-state index contributed by atoms with van der Waals surface area (Å²) in [5.41, 5.74) is 9.85. The van der Waals surface area contributed by atoms with Crippen LogP contribution in [0.5, 0.6) is 0 Å². The zero-order valence-corrected chi connectivity index (χ0v) is 18.4. The number of rotatable bonds is 8. The largest absolute Gasteiger partial charge is 0.488 e. The third-order valence-electron chi connectivity index (χ3n) is 5.51. The van der Waals surface area contributed by atoms with Crippen molar-refractivity contribution >= 4 is 36.1 Å². The number of amides is 1. The summed E-state index contributed by atoms with van der Waals surface area (Å²) in [6, 6.07) is 12.9. The van der Waals surface area contributed by atoms with Gasteiger partial charge in [0.25, 0.3) is 5.91 Å². The first-order chi connectivity index (χ1) is 15.9. The number of anilines is 3. The van der Waals surface area contributed by atoms with Crippen LogP contribution in [0.1, 0.15) is 34.2 Å². The molecule has 1 aliphatic heterocycles. The standard InChI is InChI=1S/C22H25BN6O4/c1-13-9-17-15(12-33-2)6-4-8-18(17)29(13)22-27-20(19(24)30)26-21(28-22)25-11-14-5-3-7-16(10-14)23(31)32/h3-8,10,13,31-32H,9,11-12H2,1-2H3,(H2,24,30)(H,25,26,27,28). The highest BCUT2D eigenvalue weighted by molar-refractivity contribution is 6.58. The summed E-state index contributed by atoms with van der Waals surface area (Å²) >= 11 is 0. The molecule has 1 aromatic heterocycles. The Morgan fingerprint density at radius 1 is 1.24 bits per heavy atom. The fraction of sp³-hybridized carbons (Fsp3) is 0.273. The van der Waals surface area contributed by atoms with E-state index in [-0.39, 0.29) is 17.8 Å². The Kier molecular flexibility index (Phi) is 6.54. The van der Waals surface area contributed by atoms with Gasteiger partial charge in [0.2, 0.25) is 17.7 Å². The number of aromatic nitrogens is 3. The fourth-order valence-electron chi connectivity index (χ4n) is 4.01. The minimum absolute atomic E-state index is 0.0525. The van der Waals surface area contributed by atoms with Crippen LogP contribution < -0.4 is 21.4 Å². The van der Waals surface area contributed by atoms with E-state index in [4.69, 9.17) is 10.5 Å². The van der Waals surface area contributed by atoms with Gasteiger partial charge >= 0.3 is 7.12 Å². The molecule has 0 saturated heterocycles. The second-order valence-corrected chi connectivity index (χ2v) is 7.89. The van der Waals surface area contributed by atoms with E-state index in [0.29, 0.717) is 24.6 Å². The van der Waals surface area contributed by atoms with Crippen LogP contribution in [0.25, 0.3) is 0 Å². The SMILES string of the molecule is COCc1cccc2c1CC(C)N2c1nc(NCc2cccc(B(O)O)c2)nc(C(N)=O)n1. The van der Waals surface area contributed by atoms with Gasteiger partial charge in [0, 0.05) is 25.4 Å². The van der Waals surface area contributed by atoms with Gasteiger partial charge in [0.05, 0.1) is 6.61 Å². The summed E-state index contributed by atoms with van der Waals surface area (Å²) in [6.07, 6.45) is 0.783. The molecule has 0 saturated carbocycles. The molecule has 1 aliphatic rings. The minimum Gasteiger partial charge on any atom is -0.423 e. The zero-order valence-electron chi connectivity index (χ0n) is 18.4. The summed E-state index contributed by atoms with van der Waals surface area (Å²) in [5.74, 6) is -0.387. The number of carbonyl (C=O) groups excluding carboxylic acids is 1. The average molecular weight is 448 g/mol. The molecule has 0 fully saturated rings. The third kappa shape index (κ3) is 4.80. The summed E-state index contributed by atoms with van der Waals surface area (Å²) in [4.78, 5) is 26.9. The molecule has 1 unspecified atom stereocenters. The topological polar surface area (TPSA) is 147 Å². The number of carbonyl (C=O) groups is 1. The number of methoxy groups -OCH3 is 1. The first-order valence-electron chi connectivity index (χ1n) is 10.5. The van der Waals surface area contributed by atoms with Gasteiger partial charge in [-0.25, -0.2) is 0 Å². The van der Waals surface area contributed by atoms with Crippen molar-refractivity contribution in [2.45, 2.75) is 32.5 Å². The highest BCUT2D eigenvalue weighted by Crippen LogP contribution is 2.38. The van der Waals surface area contributed by atoms with E-state index >= 15 is 0 Å². The van der Waals surface area contributed by atoms with Crippen LogP contribution in [0.3, 0.4) is 0 Å². The quantitative estimate of drug-likeness (QED) is 0.362. The molecule has 0 spiro atoms. The van der Waals surface area contributed by atoms with Gasteiger partial charge in [-0.15, -0.1) is 0 Å². The van der Waals surface area contributed by atoms with Crippen molar-refractivity contribution in [3.63, 3.8) is 0 Å². The van der Waals surface area contributed by atoms with E-state index in [2.05, 4.69) is 27.2 Å². The lowest BCUT2D eigenvalue weighted by atomic mass is 9.80. The Labute approximate surface area is 191 Å². The Balaban J connectivity index is 1.66. The molecule has 1 atom stereocenters. The second kappa shape index (κ2) is 9.53. The van der Waals surface area contributed by atoms with Crippen molar-refractivity contribution in [1.29, 1.82) is 0 Å². The lowest BCUT2D eigenvalue weighted by molar-refractivity contribution is 0.0990. The Hall–Kier alpha value is -3.54. The number of ether oxygens (including phenoxy) is 1. The van der Waals surface area contributed by atoms with Crippen LogP contribution in [-0.4, -0.2) is 51.2 Å². The van der Waals surface area contributed by atoms with Crippen molar-refractivity contribution < 1.29 is 19.6 Å². The van der Waals surface area contributed by atoms with E-state index in [9.17, 15) is 14.8 Å². The highest BCUT2D eigenvalue weighted by Gasteiger charge is 2.31. The van der Waals surface area contributed by atoms with Crippen LogP contribution in [-0.2, 0) is 24.3 Å². The Bertz CT molecular complexity index is 1180. The van der Waals surface area contributed by atoms with Crippen LogP contribution in [0.15, 0.2) is 42.5 Å². The van der Waals surface area contributed by atoms with Crippen LogP contribution in [0, 0.1) is 0 Å². The normalized spacial score (nSPS) is 14.8. The number of hydrogen-bond donors (Lipinski definition) is 4. The first-order valence-corrected chi connectivity index (χ1v) is 10.5.